The van der Waals surface area contributed by atoms with E-state index in [4.69, 9.17) is 14.2 Å². The molecule has 2 fully saturated rings. The first-order chi connectivity index (χ1) is 12.8. The van der Waals surface area contributed by atoms with Crippen molar-refractivity contribution < 1.29 is 9.26 Å². The molecule has 0 saturated carbocycles. The van der Waals surface area contributed by atoms with Gasteiger partial charge in [-0.1, -0.05) is 29.4 Å². The van der Waals surface area contributed by atoms with Crippen LogP contribution in [0.3, 0.4) is 0 Å². The Hall–Kier alpha value is -2.31. The molecule has 134 valence electrons. The van der Waals surface area contributed by atoms with Gasteiger partial charge >= 0.3 is 0 Å². The Balaban J connectivity index is 1.41. The summed E-state index contributed by atoms with van der Waals surface area (Å²) in [4.78, 5) is 11.8. The number of hydrogen-bond acceptors (Lipinski definition) is 6. The van der Waals surface area contributed by atoms with Gasteiger partial charge in [-0.15, -0.1) is 0 Å². The molecule has 0 amide bonds. The van der Waals surface area contributed by atoms with Crippen LogP contribution in [-0.2, 0) is 11.3 Å². The van der Waals surface area contributed by atoms with E-state index in [-0.39, 0.29) is 12.0 Å². The number of fused-ring (bicyclic) bond motifs is 2. The maximum Gasteiger partial charge on any atom is 0.231 e. The first-order valence-electron chi connectivity index (χ1n) is 9.27. The zero-order chi connectivity index (χ0) is 17.5. The van der Waals surface area contributed by atoms with E-state index in [1.54, 1.807) is 0 Å². The second-order valence-electron chi connectivity index (χ2n) is 7.30. The van der Waals surface area contributed by atoms with Crippen LogP contribution in [0.25, 0.3) is 10.9 Å². The van der Waals surface area contributed by atoms with Crippen molar-refractivity contribution in [3.63, 3.8) is 0 Å². The summed E-state index contributed by atoms with van der Waals surface area (Å²) in [6.45, 7) is 4.41. The molecule has 5 rings (SSSR count). The van der Waals surface area contributed by atoms with Gasteiger partial charge in [0.1, 0.15) is 0 Å². The Kier molecular flexibility index (Phi) is 3.94. The number of hydrogen-bond donors (Lipinski definition) is 0. The Morgan fingerprint density at radius 2 is 2.08 bits per heavy atom. The highest BCUT2D eigenvalue weighted by Crippen LogP contribution is 2.36. The minimum atomic E-state index is 0.219. The van der Waals surface area contributed by atoms with E-state index in [0.717, 1.165) is 49.6 Å². The molecule has 0 N–H and O–H groups in total. The highest BCUT2D eigenvalue weighted by Gasteiger charge is 2.42. The Bertz CT molecular complexity index is 925. The van der Waals surface area contributed by atoms with E-state index in [9.17, 15) is 0 Å². The fraction of sp³-hybridized carbons (Fsp3) is 0.450. The smallest absolute Gasteiger partial charge is 0.231 e. The summed E-state index contributed by atoms with van der Waals surface area (Å²) in [7, 11) is 0. The predicted molar refractivity (Wildman–Crippen MR) is 96.7 cm³/mol. The lowest BCUT2D eigenvalue weighted by Gasteiger charge is -2.39. The van der Waals surface area contributed by atoms with Crippen LogP contribution in [0.4, 0.5) is 0 Å². The van der Waals surface area contributed by atoms with Crippen LogP contribution < -0.4 is 0 Å². The monoisotopic (exact) mass is 350 g/mol. The summed E-state index contributed by atoms with van der Waals surface area (Å²) in [6.07, 6.45) is 2.27. The van der Waals surface area contributed by atoms with Gasteiger partial charge in [0.25, 0.3) is 0 Å². The highest BCUT2D eigenvalue weighted by atomic mass is 16.5. The number of benzene rings is 1. The quantitative estimate of drug-likeness (QED) is 0.723. The number of rotatable bonds is 3. The molecule has 2 aromatic heterocycles. The molecule has 0 spiro atoms. The molecule has 0 aliphatic carbocycles. The third kappa shape index (κ3) is 2.89. The number of likely N-dealkylation sites (tertiary alicyclic amines) is 1. The molecule has 1 aromatic carbocycles. The molecule has 2 saturated heterocycles. The molecule has 2 aliphatic heterocycles. The van der Waals surface area contributed by atoms with E-state index in [2.05, 4.69) is 39.3 Å². The number of para-hydroxylation sites is 1. The van der Waals surface area contributed by atoms with Gasteiger partial charge in [-0.25, -0.2) is 0 Å². The lowest BCUT2D eigenvalue weighted by atomic mass is 9.89. The van der Waals surface area contributed by atoms with E-state index >= 15 is 0 Å². The minimum absolute atomic E-state index is 0.219. The molecule has 0 unspecified atom stereocenters. The van der Waals surface area contributed by atoms with Crippen molar-refractivity contribution in [3.8, 4) is 0 Å². The molecule has 3 aromatic rings. The molecule has 0 bridgehead atoms. The Morgan fingerprint density at radius 3 is 2.96 bits per heavy atom. The van der Waals surface area contributed by atoms with Crippen molar-refractivity contribution >= 4 is 10.9 Å². The van der Waals surface area contributed by atoms with E-state index in [1.807, 2.05) is 19.1 Å². The van der Waals surface area contributed by atoms with Crippen LogP contribution in [-0.4, -0.2) is 45.3 Å². The molecule has 3 atom stereocenters. The minimum Gasteiger partial charge on any atom is -0.377 e. The summed E-state index contributed by atoms with van der Waals surface area (Å²) in [5.74, 6) is 1.64. The van der Waals surface area contributed by atoms with Crippen molar-refractivity contribution in [1.82, 2.24) is 20.0 Å². The fourth-order valence-electron chi connectivity index (χ4n) is 4.30. The zero-order valence-electron chi connectivity index (χ0n) is 14.8. The number of aryl methyl sites for hydroxylation is 1. The van der Waals surface area contributed by atoms with Crippen LogP contribution in [0, 0.1) is 6.92 Å². The van der Waals surface area contributed by atoms with Crippen molar-refractivity contribution in [1.29, 1.82) is 0 Å². The fourth-order valence-corrected chi connectivity index (χ4v) is 4.30. The van der Waals surface area contributed by atoms with Crippen LogP contribution >= 0.6 is 0 Å². The summed E-state index contributed by atoms with van der Waals surface area (Å²) >= 11 is 0. The van der Waals surface area contributed by atoms with E-state index in [0.29, 0.717) is 11.9 Å². The summed E-state index contributed by atoms with van der Waals surface area (Å²) in [5, 5.41) is 5.14. The molecule has 26 heavy (non-hydrogen) atoms. The molecule has 6 heteroatoms. The van der Waals surface area contributed by atoms with Gasteiger partial charge in [-0.2, -0.15) is 4.98 Å². The molecular formula is C20H22N4O2. The van der Waals surface area contributed by atoms with Gasteiger partial charge in [0.2, 0.25) is 5.89 Å². The third-order valence-electron chi connectivity index (χ3n) is 5.53. The Morgan fingerprint density at radius 1 is 1.15 bits per heavy atom. The largest absolute Gasteiger partial charge is 0.377 e. The van der Waals surface area contributed by atoms with Gasteiger partial charge in [-0.3, -0.25) is 9.88 Å². The number of piperidine rings is 1. The van der Waals surface area contributed by atoms with Crippen molar-refractivity contribution in [2.24, 2.45) is 0 Å². The highest BCUT2D eigenvalue weighted by molar-refractivity contribution is 5.78. The van der Waals surface area contributed by atoms with Crippen LogP contribution in [0.5, 0.6) is 0 Å². The first kappa shape index (κ1) is 15.9. The average Bonchev–Trinajstić information content (AvgIpc) is 3.30. The predicted octanol–water partition coefficient (Wildman–Crippen LogP) is 3.07. The topological polar surface area (TPSA) is 64.3 Å². The van der Waals surface area contributed by atoms with Crippen LogP contribution in [0.1, 0.15) is 36.2 Å². The summed E-state index contributed by atoms with van der Waals surface area (Å²) in [6, 6.07) is 13.0. The number of aromatic nitrogens is 3. The normalized spacial score (nSPS) is 26.3. The maximum absolute atomic E-state index is 6.00. The van der Waals surface area contributed by atoms with Crippen molar-refractivity contribution in [3.05, 3.63) is 53.8 Å². The SMILES string of the molecule is Cc1noc([C@@H]2C[C@H]3OCC[C@H]3N(Cc3ccc4ccccc4n3)C2)n1. The van der Waals surface area contributed by atoms with Gasteiger partial charge in [-0.05, 0) is 31.9 Å². The standard InChI is InChI=1S/C20H22N4O2/c1-13-21-20(26-23-13)15-10-19-18(8-9-25-19)24(11-15)12-16-7-6-14-4-2-3-5-17(14)22-16/h2-7,15,18-19H,8-12H2,1H3/t15-,18-,19-/m1/s1. The van der Waals surface area contributed by atoms with Crippen LogP contribution in [0.2, 0.25) is 0 Å². The molecule has 4 heterocycles. The summed E-state index contributed by atoms with van der Waals surface area (Å²) in [5.41, 5.74) is 2.14. The van der Waals surface area contributed by atoms with E-state index in [1.165, 1.54) is 5.39 Å². The second kappa shape index (κ2) is 6.45. The lowest BCUT2D eigenvalue weighted by Crippen LogP contribution is -2.48. The molecule has 6 nitrogen and oxygen atoms in total. The third-order valence-corrected chi connectivity index (χ3v) is 5.53. The maximum atomic E-state index is 6.00. The van der Waals surface area contributed by atoms with Gasteiger partial charge in [0.05, 0.1) is 23.2 Å². The van der Waals surface area contributed by atoms with Gasteiger partial charge in [0, 0.05) is 31.1 Å². The lowest BCUT2D eigenvalue weighted by molar-refractivity contribution is 0.00804. The van der Waals surface area contributed by atoms with E-state index < -0.39 is 0 Å². The second-order valence-corrected chi connectivity index (χ2v) is 7.30. The molecular weight excluding hydrogens is 328 g/mol. The number of nitrogens with zero attached hydrogens (tertiary/aromatic N) is 4. The molecule has 2 aliphatic rings. The van der Waals surface area contributed by atoms with Crippen LogP contribution in [0.15, 0.2) is 40.9 Å². The summed E-state index contributed by atoms with van der Waals surface area (Å²) < 4.78 is 11.5. The van der Waals surface area contributed by atoms with Gasteiger partial charge < -0.3 is 9.26 Å². The van der Waals surface area contributed by atoms with Gasteiger partial charge in [0.15, 0.2) is 5.82 Å². The van der Waals surface area contributed by atoms with Crippen molar-refractivity contribution in [2.45, 2.75) is 44.4 Å². The zero-order valence-corrected chi connectivity index (χ0v) is 14.8. The first-order valence-corrected chi connectivity index (χ1v) is 9.27. The Labute approximate surface area is 152 Å². The van der Waals surface area contributed by atoms with Crippen molar-refractivity contribution in [2.75, 3.05) is 13.2 Å². The number of ether oxygens (including phenoxy) is 1. The average molecular weight is 350 g/mol. The number of pyridine rings is 1. The molecule has 0 radical (unpaired) electrons.